The second-order valence-electron chi connectivity index (χ2n) is 6.44. The van der Waals surface area contributed by atoms with Crippen LogP contribution in [0.1, 0.15) is 23.3 Å². The summed E-state index contributed by atoms with van der Waals surface area (Å²) in [6, 6.07) is 7.18. The smallest absolute Gasteiger partial charge is 0.320 e. The van der Waals surface area contributed by atoms with E-state index in [4.69, 9.17) is 14.0 Å². The summed E-state index contributed by atoms with van der Waals surface area (Å²) in [6.45, 7) is 2.57. The van der Waals surface area contributed by atoms with Gasteiger partial charge in [-0.2, -0.15) is 4.98 Å². The van der Waals surface area contributed by atoms with Gasteiger partial charge in [-0.3, -0.25) is 4.79 Å². The van der Waals surface area contributed by atoms with Gasteiger partial charge in [0.25, 0.3) is 5.56 Å². The first kappa shape index (κ1) is 18.5. The third kappa shape index (κ3) is 3.91. The number of pyridine rings is 1. The second-order valence-corrected chi connectivity index (χ2v) is 6.44. The average molecular weight is 397 g/mol. The average Bonchev–Trinajstić information content (AvgIpc) is 3.15. The van der Waals surface area contributed by atoms with Gasteiger partial charge in [0, 0.05) is 20.2 Å². The van der Waals surface area contributed by atoms with Crippen LogP contribution < -0.4 is 25.7 Å². The van der Waals surface area contributed by atoms with Crippen LogP contribution in [0.25, 0.3) is 0 Å². The molecule has 3 heterocycles. The molecule has 2 aromatic heterocycles. The Kier molecular flexibility index (Phi) is 4.90. The van der Waals surface area contributed by atoms with E-state index in [1.807, 2.05) is 0 Å². The number of carbonyl (C=O) groups excluding carboxylic acids is 1. The molecule has 10 heteroatoms. The summed E-state index contributed by atoms with van der Waals surface area (Å²) in [6.07, 6.45) is 1.60. The van der Waals surface area contributed by atoms with Gasteiger partial charge in [-0.15, -0.1) is 0 Å². The number of aromatic nitrogens is 3. The van der Waals surface area contributed by atoms with Crippen LogP contribution in [0.2, 0.25) is 0 Å². The lowest BCUT2D eigenvalue weighted by molar-refractivity contribution is 0.171. The predicted octanol–water partition coefficient (Wildman–Crippen LogP) is 1.76. The Morgan fingerprint density at radius 2 is 2.00 bits per heavy atom. The molecule has 0 spiro atoms. The lowest BCUT2D eigenvalue weighted by Gasteiger charge is -2.21. The van der Waals surface area contributed by atoms with E-state index in [0.29, 0.717) is 36.2 Å². The van der Waals surface area contributed by atoms with E-state index >= 15 is 0 Å². The highest BCUT2D eigenvalue weighted by atomic mass is 16.6. The number of fused-ring (bicyclic) bond motifs is 1. The zero-order chi connectivity index (χ0) is 20.4. The number of nitrogens with one attached hydrogen (secondary N) is 2. The minimum atomic E-state index is -0.726. The molecule has 0 aliphatic carbocycles. The van der Waals surface area contributed by atoms with Crippen LogP contribution in [0.4, 0.5) is 10.5 Å². The number of hydrogen-bond donors (Lipinski definition) is 2. The number of nitrogens with zero attached hydrogens (tertiary/aromatic N) is 3. The molecule has 2 N–H and O–H groups in total. The van der Waals surface area contributed by atoms with Crippen LogP contribution in [-0.2, 0) is 7.05 Å². The quantitative estimate of drug-likeness (QED) is 0.688. The molecule has 0 saturated carbocycles. The number of rotatable bonds is 4. The first-order chi connectivity index (χ1) is 14.0. The second kappa shape index (κ2) is 7.66. The number of benzene rings is 1. The van der Waals surface area contributed by atoms with Crippen molar-refractivity contribution >= 4 is 11.7 Å². The van der Waals surface area contributed by atoms with E-state index < -0.39 is 12.1 Å². The molecule has 1 aromatic carbocycles. The number of hydrogen-bond acceptors (Lipinski definition) is 7. The minimum absolute atomic E-state index is 0.151. The number of aryl methyl sites for hydroxylation is 2. The van der Waals surface area contributed by atoms with Gasteiger partial charge in [0.05, 0.1) is 0 Å². The van der Waals surface area contributed by atoms with E-state index in [1.165, 1.54) is 10.6 Å². The fourth-order valence-electron chi connectivity index (χ4n) is 2.95. The van der Waals surface area contributed by atoms with Crippen LogP contribution in [0.5, 0.6) is 11.5 Å². The van der Waals surface area contributed by atoms with Gasteiger partial charge in [-0.05, 0) is 29.8 Å². The molecular formula is C19H19N5O5. The number of urea groups is 1. The molecule has 4 rings (SSSR count). The first-order valence-electron chi connectivity index (χ1n) is 8.94. The Morgan fingerprint density at radius 1 is 1.21 bits per heavy atom. The van der Waals surface area contributed by atoms with Crippen LogP contribution in [0.3, 0.4) is 0 Å². The summed E-state index contributed by atoms with van der Waals surface area (Å²) in [5, 5.41) is 9.28. The topological polar surface area (TPSA) is 121 Å². The van der Waals surface area contributed by atoms with Gasteiger partial charge in [0.1, 0.15) is 24.9 Å². The maximum atomic E-state index is 12.6. The van der Waals surface area contributed by atoms with Gasteiger partial charge >= 0.3 is 6.03 Å². The van der Waals surface area contributed by atoms with Crippen molar-refractivity contribution in [2.45, 2.75) is 13.0 Å². The predicted molar refractivity (Wildman–Crippen MR) is 102 cm³/mol. The van der Waals surface area contributed by atoms with Gasteiger partial charge < -0.3 is 29.2 Å². The molecule has 0 saturated heterocycles. The normalized spacial score (nSPS) is 13.6. The standard InChI is InChI=1S/C19H19N5O5/c1-11-20-17(23-29-11)16(12-5-6-14-15(10-12)28-9-8-27-14)22-19(26)21-13-4-3-7-24(2)18(13)25/h3-7,10,16H,8-9H2,1-2H3,(H2,21,22,26)/t16-/m0/s1. The molecule has 0 fully saturated rings. The third-order valence-corrected chi connectivity index (χ3v) is 4.35. The van der Waals surface area contributed by atoms with Gasteiger partial charge in [0.2, 0.25) is 5.89 Å². The lowest BCUT2D eigenvalue weighted by atomic mass is 10.1. The highest BCUT2D eigenvalue weighted by molar-refractivity contribution is 5.89. The molecule has 150 valence electrons. The number of amides is 2. The van der Waals surface area contributed by atoms with Crippen molar-refractivity contribution in [2.24, 2.45) is 7.05 Å². The van der Waals surface area contributed by atoms with Crippen LogP contribution in [-0.4, -0.2) is 34.0 Å². The minimum Gasteiger partial charge on any atom is -0.486 e. The Hall–Kier alpha value is -3.82. The van der Waals surface area contributed by atoms with Crippen LogP contribution in [0.15, 0.2) is 45.8 Å². The van der Waals surface area contributed by atoms with Crippen LogP contribution in [0, 0.1) is 6.92 Å². The van der Waals surface area contributed by atoms with Crippen molar-refractivity contribution in [2.75, 3.05) is 18.5 Å². The Labute approximate surface area is 165 Å². The molecule has 2 amide bonds. The van der Waals surface area contributed by atoms with E-state index in [1.54, 1.807) is 44.4 Å². The van der Waals surface area contributed by atoms with Gasteiger partial charge in [-0.25, -0.2) is 4.79 Å². The van der Waals surface area contributed by atoms with E-state index in [2.05, 4.69) is 20.8 Å². The molecule has 1 aliphatic rings. The summed E-state index contributed by atoms with van der Waals surface area (Å²) in [7, 11) is 1.60. The van der Waals surface area contributed by atoms with E-state index in [9.17, 15) is 9.59 Å². The Bertz CT molecular complexity index is 1110. The van der Waals surface area contributed by atoms with Crippen molar-refractivity contribution in [1.29, 1.82) is 0 Å². The monoisotopic (exact) mass is 397 g/mol. The summed E-state index contributed by atoms with van der Waals surface area (Å²) in [5.74, 6) is 1.83. The summed E-state index contributed by atoms with van der Waals surface area (Å²) in [5.41, 5.74) is 0.498. The van der Waals surface area contributed by atoms with Crippen molar-refractivity contribution in [1.82, 2.24) is 20.0 Å². The van der Waals surface area contributed by atoms with Crippen molar-refractivity contribution in [3.63, 3.8) is 0 Å². The maximum Gasteiger partial charge on any atom is 0.320 e. The van der Waals surface area contributed by atoms with Crippen molar-refractivity contribution in [3.8, 4) is 11.5 Å². The van der Waals surface area contributed by atoms with Gasteiger partial charge in [-0.1, -0.05) is 11.2 Å². The fraction of sp³-hybridized carbons (Fsp3) is 0.263. The molecule has 0 unspecified atom stereocenters. The summed E-state index contributed by atoms with van der Waals surface area (Å²) < 4.78 is 17.6. The molecule has 0 bridgehead atoms. The number of ether oxygens (including phenoxy) is 2. The molecule has 0 radical (unpaired) electrons. The molecule has 3 aromatic rings. The highest BCUT2D eigenvalue weighted by Gasteiger charge is 2.24. The van der Waals surface area contributed by atoms with Crippen molar-refractivity contribution < 1.29 is 18.8 Å². The van der Waals surface area contributed by atoms with Crippen molar-refractivity contribution in [3.05, 3.63) is 64.2 Å². The van der Waals surface area contributed by atoms with Crippen LogP contribution >= 0.6 is 0 Å². The SMILES string of the molecule is Cc1nc([C@@H](NC(=O)Nc2cccn(C)c2=O)c2ccc3c(c2)OCCO3)no1. The molecule has 1 aliphatic heterocycles. The Morgan fingerprint density at radius 3 is 2.76 bits per heavy atom. The summed E-state index contributed by atoms with van der Waals surface area (Å²) >= 11 is 0. The molecule has 10 nitrogen and oxygen atoms in total. The van der Waals surface area contributed by atoms with E-state index in [-0.39, 0.29) is 17.1 Å². The number of carbonyl (C=O) groups is 1. The largest absolute Gasteiger partial charge is 0.486 e. The number of anilines is 1. The maximum absolute atomic E-state index is 12.6. The lowest BCUT2D eigenvalue weighted by Crippen LogP contribution is -2.36. The molecule has 29 heavy (non-hydrogen) atoms. The summed E-state index contributed by atoms with van der Waals surface area (Å²) in [4.78, 5) is 29.0. The molecule has 1 atom stereocenters. The van der Waals surface area contributed by atoms with E-state index in [0.717, 1.165) is 0 Å². The zero-order valence-corrected chi connectivity index (χ0v) is 15.8. The fourth-order valence-corrected chi connectivity index (χ4v) is 2.95. The Balaban J connectivity index is 1.62. The zero-order valence-electron chi connectivity index (χ0n) is 15.8. The van der Waals surface area contributed by atoms with Gasteiger partial charge in [0.15, 0.2) is 17.3 Å². The first-order valence-corrected chi connectivity index (χ1v) is 8.94. The highest BCUT2D eigenvalue weighted by Crippen LogP contribution is 2.33. The molecular weight excluding hydrogens is 378 g/mol. The third-order valence-electron chi connectivity index (χ3n) is 4.35.